The number of aliphatic carboxylic acids is 1. The molecule has 0 aliphatic carbocycles. The number of carbonyl (C=O) groups is 2. The van der Waals surface area contributed by atoms with Crippen LogP contribution in [0.1, 0.15) is 37.9 Å². The lowest BCUT2D eigenvalue weighted by Gasteiger charge is -2.25. The van der Waals surface area contributed by atoms with Crippen molar-refractivity contribution >= 4 is 12.0 Å². The minimum atomic E-state index is -0.896. The molecule has 0 radical (unpaired) electrons. The molecule has 2 atom stereocenters. The molecule has 0 aromatic heterocycles. The van der Waals surface area contributed by atoms with Crippen LogP contribution in [0.15, 0.2) is 24.3 Å². The fourth-order valence-electron chi connectivity index (χ4n) is 1.98. The Bertz CT molecular complexity index is 485. The van der Waals surface area contributed by atoms with Gasteiger partial charge in [-0.15, -0.1) is 0 Å². The third kappa shape index (κ3) is 5.10. The molecule has 0 spiro atoms. The molecule has 5 heteroatoms. The smallest absolute Gasteiger partial charge is 0.317 e. The number of carbonyl (C=O) groups excluding carboxylic acids is 1. The molecule has 21 heavy (non-hydrogen) atoms. The van der Waals surface area contributed by atoms with Crippen LogP contribution < -0.4 is 5.32 Å². The van der Waals surface area contributed by atoms with Crippen LogP contribution in [-0.4, -0.2) is 35.1 Å². The number of hydrogen-bond acceptors (Lipinski definition) is 2. The van der Waals surface area contributed by atoms with E-state index in [2.05, 4.69) is 5.32 Å². The Morgan fingerprint density at radius 1 is 1.24 bits per heavy atom. The van der Waals surface area contributed by atoms with E-state index in [-0.39, 0.29) is 18.6 Å². The summed E-state index contributed by atoms with van der Waals surface area (Å²) in [6.45, 7) is 8.05. The second kappa shape index (κ2) is 7.67. The van der Waals surface area contributed by atoms with Crippen molar-refractivity contribution in [3.63, 3.8) is 0 Å². The first-order valence-electron chi connectivity index (χ1n) is 7.20. The maximum atomic E-state index is 12.2. The van der Waals surface area contributed by atoms with Crippen LogP contribution in [-0.2, 0) is 4.79 Å². The van der Waals surface area contributed by atoms with E-state index in [9.17, 15) is 9.59 Å². The van der Waals surface area contributed by atoms with E-state index in [1.54, 1.807) is 6.92 Å². The highest BCUT2D eigenvalue weighted by molar-refractivity contribution is 5.76. The third-order valence-corrected chi connectivity index (χ3v) is 3.50. The minimum absolute atomic E-state index is 0.118. The zero-order valence-electron chi connectivity index (χ0n) is 13.1. The van der Waals surface area contributed by atoms with Crippen LogP contribution in [0.25, 0.3) is 0 Å². The maximum Gasteiger partial charge on any atom is 0.317 e. The molecule has 0 aliphatic heterocycles. The van der Waals surface area contributed by atoms with Gasteiger partial charge in [0.2, 0.25) is 0 Å². The zero-order valence-corrected chi connectivity index (χ0v) is 13.1. The van der Waals surface area contributed by atoms with Gasteiger partial charge in [0.15, 0.2) is 0 Å². The van der Waals surface area contributed by atoms with Crippen LogP contribution in [0.2, 0.25) is 0 Å². The summed E-state index contributed by atoms with van der Waals surface area (Å²) < 4.78 is 0. The quantitative estimate of drug-likeness (QED) is 0.847. The Kier molecular flexibility index (Phi) is 6.21. The number of amides is 2. The highest BCUT2D eigenvalue weighted by atomic mass is 16.4. The zero-order chi connectivity index (χ0) is 16.0. The van der Waals surface area contributed by atoms with Gasteiger partial charge >= 0.3 is 12.0 Å². The lowest BCUT2D eigenvalue weighted by atomic mass is 10.1. The number of benzene rings is 1. The Morgan fingerprint density at radius 2 is 1.81 bits per heavy atom. The fraction of sp³-hybridized carbons (Fsp3) is 0.500. The van der Waals surface area contributed by atoms with Gasteiger partial charge in [0, 0.05) is 13.1 Å². The van der Waals surface area contributed by atoms with E-state index < -0.39 is 11.9 Å². The van der Waals surface area contributed by atoms with Crippen LogP contribution >= 0.6 is 0 Å². The van der Waals surface area contributed by atoms with Crippen molar-refractivity contribution in [1.29, 1.82) is 0 Å². The van der Waals surface area contributed by atoms with Gasteiger partial charge in [0.05, 0.1) is 12.0 Å². The number of nitrogens with zero attached hydrogens (tertiary/aromatic N) is 1. The van der Waals surface area contributed by atoms with E-state index >= 15 is 0 Å². The maximum absolute atomic E-state index is 12.2. The normalized spacial score (nSPS) is 13.3. The molecule has 2 N–H and O–H groups in total. The number of urea groups is 1. The first kappa shape index (κ1) is 17.0. The average Bonchev–Trinajstić information content (AvgIpc) is 2.44. The molecule has 0 heterocycles. The topological polar surface area (TPSA) is 69.6 Å². The van der Waals surface area contributed by atoms with E-state index in [4.69, 9.17) is 5.11 Å². The number of carboxylic acids is 1. The van der Waals surface area contributed by atoms with Crippen LogP contribution in [0.5, 0.6) is 0 Å². The number of rotatable bonds is 6. The Balaban J connectivity index is 2.64. The standard InChI is InChI=1S/C16H24N2O3/c1-5-18(10-12(3)15(19)20)16(21)17-13(4)14-8-6-11(2)7-9-14/h6-9,12-13H,5,10H2,1-4H3,(H,17,21)(H,19,20). The highest BCUT2D eigenvalue weighted by Gasteiger charge is 2.20. The molecule has 5 nitrogen and oxygen atoms in total. The Hall–Kier alpha value is -2.04. The lowest BCUT2D eigenvalue weighted by Crippen LogP contribution is -2.44. The molecule has 0 bridgehead atoms. The second-order valence-electron chi connectivity index (χ2n) is 5.36. The molecule has 1 aromatic rings. The van der Waals surface area contributed by atoms with Gasteiger partial charge in [-0.3, -0.25) is 4.79 Å². The first-order chi connectivity index (χ1) is 9.85. The van der Waals surface area contributed by atoms with Crippen molar-refractivity contribution in [2.24, 2.45) is 5.92 Å². The largest absolute Gasteiger partial charge is 0.481 e. The molecule has 0 saturated carbocycles. The van der Waals surface area contributed by atoms with Gasteiger partial charge < -0.3 is 15.3 Å². The summed E-state index contributed by atoms with van der Waals surface area (Å²) in [7, 11) is 0. The van der Waals surface area contributed by atoms with Crippen LogP contribution in [0.3, 0.4) is 0 Å². The summed E-state index contributed by atoms with van der Waals surface area (Å²) in [4.78, 5) is 24.6. The SMILES string of the molecule is CCN(CC(C)C(=O)O)C(=O)NC(C)c1ccc(C)cc1. The summed E-state index contributed by atoms with van der Waals surface area (Å²) in [5.41, 5.74) is 2.19. The van der Waals surface area contributed by atoms with Crippen LogP contribution in [0.4, 0.5) is 4.79 Å². The van der Waals surface area contributed by atoms with Gasteiger partial charge in [0.25, 0.3) is 0 Å². The van der Waals surface area contributed by atoms with Gasteiger partial charge in [-0.1, -0.05) is 36.8 Å². The minimum Gasteiger partial charge on any atom is -0.481 e. The lowest BCUT2D eigenvalue weighted by molar-refractivity contribution is -0.141. The Labute approximate surface area is 126 Å². The molecule has 2 unspecified atom stereocenters. The van der Waals surface area contributed by atoms with Crippen LogP contribution in [0, 0.1) is 12.8 Å². The van der Waals surface area contributed by atoms with Crippen molar-refractivity contribution in [2.45, 2.75) is 33.7 Å². The van der Waals surface area contributed by atoms with Gasteiger partial charge in [0.1, 0.15) is 0 Å². The summed E-state index contributed by atoms with van der Waals surface area (Å²) in [6, 6.07) is 7.61. The van der Waals surface area contributed by atoms with Gasteiger partial charge in [-0.05, 0) is 26.3 Å². The first-order valence-corrected chi connectivity index (χ1v) is 7.20. The van der Waals surface area contributed by atoms with Gasteiger partial charge in [-0.2, -0.15) is 0 Å². The van der Waals surface area contributed by atoms with Gasteiger partial charge in [-0.25, -0.2) is 4.79 Å². The van der Waals surface area contributed by atoms with Crippen molar-refractivity contribution in [2.75, 3.05) is 13.1 Å². The van der Waals surface area contributed by atoms with E-state index in [0.717, 1.165) is 5.56 Å². The molecular formula is C16H24N2O3. The molecule has 0 aliphatic rings. The molecule has 116 valence electrons. The number of nitrogens with one attached hydrogen (secondary N) is 1. The highest BCUT2D eigenvalue weighted by Crippen LogP contribution is 2.13. The summed E-state index contributed by atoms with van der Waals surface area (Å²) in [5, 5.41) is 11.8. The summed E-state index contributed by atoms with van der Waals surface area (Å²) in [6.07, 6.45) is 0. The average molecular weight is 292 g/mol. The summed E-state index contributed by atoms with van der Waals surface area (Å²) in [5.74, 6) is -1.47. The Morgan fingerprint density at radius 3 is 2.29 bits per heavy atom. The molecular weight excluding hydrogens is 268 g/mol. The van der Waals surface area contributed by atoms with E-state index in [1.165, 1.54) is 10.5 Å². The molecule has 1 aromatic carbocycles. The van der Waals surface area contributed by atoms with Crippen molar-refractivity contribution < 1.29 is 14.7 Å². The third-order valence-electron chi connectivity index (χ3n) is 3.50. The fourth-order valence-corrected chi connectivity index (χ4v) is 1.98. The molecule has 1 rings (SSSR count). The monoisotopic (exact) mass is 292 g/mol. The molecule has 0 saturated heterocycles. The van der Waals surface area contributed by atoms with Crippen molar-refractivity contribution in [3.8, 4) is 0 Å². The van der Waals surface area contributed by atoms with Crippen molar-refractivity contribution in [1.82, 2.24) is 10.2 Å². The molecule has 0 fully saturated rings. The second-order valence-corrected chi connectivity index (χ2v) is 5.36. The predicted molar refractivity (Wildman–Crippen MR) is 82.2 cm³/mol. The number of hydrogen-bond donors (Lipinski definition) is 2. The van der Waals surface area contributed by atoms with Crippen molar-refractivity contribution in [3.05, 3.63) is 35.4 Å². The predicted octanol–water partition coefficient (Wildman–Crippen LogP) is 2.81. The number of aryl methyl sites for hydroxylation is 1. The molecule has 2 amide bonds. The van der Waals surface area contributed by atoms with E-state index in [1.807, 2.05) is 45.0 Å². The van der Waals surface area contributed by atoms with E-state index in [0.29, 0.717) is 6.54 Å². The summed E-state index contributed by atoms with van der Waals surface area (Å²) >= 11 is 0. The number of carboxylic acid groups (broad SMARTS) is 1.